The SMILES string of the molecule is CC1(C)CCN(CCNc2cc(-c3ccccc3Cl)nc3c(Br)cnn23)C(=O)O1. The number of hydrogen-bond acceptors (Lipinski definition) is 5. The van der Waals surface area contributed by atoms with Crippen molar-refractivity contribution in [3.63, 3.8) is 0 Å². The lowest BCUT2D eigenvalue weighted by atomic mass is 10.0. The monoisotopic (exact) mass is 477 g/mol. The summed E-state index contributed by atoms with van der Waals surface area (Å²) in [4.78, 5) is 18.6. The van der Waals surface area contributed by atoms with Crippen molar-refractivity contribution in [3.8, 4) is 11.3 Å². The third kappa shape index (κ3) is 4.18. The van der Waals surface area contributed by atoms with Crippen molar-refractivity contribution in [2.24, 2.45) is 0 Å². The van der Waals surface area contributed by atoms with Crippen molar-refractivity contribution < 1.29 is 9.53 Å². The van der Waals surface area contributed by atoms with Crippen LogP contribution in [0.3, 0.4) is 0 Å². The van der Waals surface area contributed by atoms with Gasteiger partial charge in [0.15, 0.2) is 5.65 Å². The Balaban J connectivity index is 1.56. The van der Waals surface area contributed by atoms with E-state index >= 15 is 0 Å². The van der Waals surface area contributed by atoms with Crippen LogP contribution in [0, 0.1) is 0 Å². The van der Waals surface area contributed by atoms with Gasteiger partial charge in [0, 0.05) is 42.7 Å². The van der Waals surface area contributed by atoms with Gasteiger partial charge >= 0.3 is 6.09 Å². The highest BCUT2D eigenvalue weighted by Crippen LogP contribution is 2.30. The molecule has 0 spiro atoms. The van der Waals surface area contributed by atoms with E-state index in [9.17, 15) is 4.79 Å². The first kappa shape index (κ1) is 20.0. The average molecular weight is 479 g/mol. The molecule has 1 N–H and O–H groups in total. The van der Waals surface area contributed by atoms with Gasteiger partial charge in [-0.1, -0.05) is 29.8 Å². The van der Waals surface area contributed by atoms with Crippen molar-refractivity contribution in [1.29, 1.82) is 0 Å². The molecular formula is C20H21BrClN5O2. The summed E-state index contributed by atoms with van der Waals surface area (Å²) in [5, 5.41) is 8.38. The first-order valence-electron chi connectivity index (χ1n) is 9.35. The Morgan fingerprint density at radius 1 is 1.34 bits per heavy atom. The highest BCUT2D eigenvalue weighted by atomic mass is 79.9. The van der Waals surface area contributed by atoms with Crippen LogP contribution in [0.25, 0.3) is 16.9 Å². The first-order chi connectivity index (χ1) is 13.8. The molecule has 152 valence electrons. The first-order valence-corrected chi connectivity index (χ1v) is 10.5. The minimum absolute atomic E-state index is 0.276. The summed E-state index contributed by atoms with van der Waals surface area (Å²) in [5.41, 5.74) is 1.87. The van der Waals surface area contributed by atoms with Gasteiger partial charge in [-0.15, -0.1) is 0 Å². The number of nitrogens with one attached hydrogen (secondary N) is 1. The van der Waals surface area contributed by atoms with Gasteiger partial charge in [-0.3, -0.25) is 0 Å². The Morgan fingerprint density at radius 2 is 2.14 bits per heavy atom. The van der Waals surface area contributed by atoms with Crippen molar-refractivity contribution in [1.82, 2.24) is 19.5 Å². The van der Waals surface area contributed by atoms with Crippen LogP contribution in [0.15, 0.2) is 41.0 Å². The molecule has 1 fully saturated rings. The number of hydrogen-bond donors (Lipinski definition) is 1. The largest absolute Gasteiger partial charge is 0.443 e. The number of rotatable bonds is 5. The highest BCUT2D eigenvalue weighted by molar-refractivity contribution is 9.10. The minimum Gasteiger partial charge on any atom is -0.443 e. The van der Waals surface area contributed by atoms with Gasteiger partial charge in [0.25, 0.3) is 0 Å². The number of carbonyl (C=O) groups is 1. The molecule has 1 saturated heterocycles. The number of aromatic nitrogens is 3. The fourth-order valence-corrected chi connectivity index (χ4v) is 3.82. The van der Waals surface area contributed by atoms with Gasteiger partial charge in [0.1, 0.15) is 11.4 Å². The Morgan fingerprint density at radius 3 is 2.90 bits per heavy atom. The molecule has 3 aromatic rings. The molecule has 9 heteroatoms. The van der Waals surface area contributed by atoms with Crippen LogP contribution in [0.5, 0.6) is 0 Å². The van der Waals surface area contributed by atoms with E-state index in [2.05, 4.69) is 26.3 Å². The molecule has 0 atom stereocenters. The summed E-state index contributed by atoms with van der Waals surface area (Å²) in [7, 11) is 0. The summed E-state index contributed by atoms with van der Waals surface area (Å²) < 4.78 is 7.98. The highest BCUT2D eigenvalue weighted by Gasteiger charge is 2.32. The van der Waals surface area contributed by atoms with Crippen LogP contribution in [0.4, 0.5) is 10.6 Å². The standard InChI is InChI=1S/C20H21BrClN5O2/c1-20(2)7-9-26(19(28)29-20)10-8-23-17-11-16(13-5-3-4-6-15(13)22)25-18-14(21)12-24-27(17)18/h3-6,11-12,23H,7-10H2,1-2H3. The Kier molecular flexibility index (Phi) is 5.40. The predicted molar refractivity (Wildman–Crippen MR) is 116 cm³/mol. The van der Waals surface area contributed by atoms with Crippen LogP contribution in [-0.2, 0) is 4.74 Å². The van der Waals surface area contributed by atoms with Crippen molar-refractivity contribution in [2.75, 3.05) is 25.0 Å². The normalized spacial score (nSPS) is 16.1. The van der Waals surface area contributed by atoms with E-state index in [1.807, 2.05) is 44.2 Å². The van der Waals surface area contributed by atoms with Gasteiger partial charge in [-0.05, 0) is 35.8 Å². The van der Waals surface area contributed by atoms with Gasteiger partial charge in [-0.25, -0.2) is 9.78 Å². The summed E-state index contributed by atoms with van der Waals surface area (Å²) in [6.45, 7) is 5.62. The molecule has 1 aromatic carbocycles. The molecule has 7 nitrogen and oxygen atoms in total. The Hall–Kier alpha value is -2.32. The van der Waals surface area contributed by atoms with Gasteiger partial charge < -0.3 is 15.0 Å². The number of ether oxygens (including phenoxy) is 1. The Bertz CT molecular complexity index is 1070. The van der Waals surface area contributed by atoms with Crippen LogP contribution >= 0.6 is 27.5 Å². The van der Waals surface area contributed by atoms with E-state index in [0.717, 1.165) is 28.0 Å². The van der Waals surface area contributed by atoms with Crippen molar-refractivity contribution in [2.45, 2.75) is 25.9 Å². The topological polar surface area (TPSA) is 71.8 Å². The van der Waals surface area contributed by atoms with Crippen molar-refractivity contribution >= 4 is 45.1 Å². The summed E-state index contributed by atoms with van der Waals surface area (Å²) in [5.74, 6) is 0.765. The maximum absolute atomic E-state index is 12.2. The molecule has 1 aliphatic heterocycles. The van der Waals surface area contributed by atoms with E-state index < -0.39 is 5.60 Å². The lowest BCUT2D eigenvalue weighted by Crippen LogP contribution is -2.47. The van der Waals surface area contributed by atoms with Crippen LogP contribution < -0.4 is 5.32 Å². The average Bonchev–Trinajstić information content (AvgIpc) is 3.04. The summed E-state index contributed by atoms with van der Waals surface area (Å²) >= 11 is 9.87. The van der Waals surface area contributed by atoms with E-state index in [-0.39, 0.29) is 6.09 Å². The molecule has 2 aromatic heterocycles. The van der Waals surface area contributed by atoms with Crippen LogP contribution in [0.1, 0.15) is 20.3 Å². The molecular weight excluding hydrogens is 458 g/mol. The number of cyclic esters (lactones) is 1. The van der Waals surface area contributed by atoms with Gasteiger partial charge in [0.05, 0.1) is 16.4 Å². The number of carbonyl (C=O) groups excluding carboxylic acids is 1. The summed E-state index contributed by atoms with van der Waals surface area (Å²) in [6, 6.07) is 9.49. The molecule has 3 heterocycles. The number of fused-ring (bicyclic) bond motifs is 1. The molecule has 1 amide bonds. The van der Waals surface area contributed by atoms with Crippen LogP contribution in [0.2, 0.25) is 5.02 Å². The minimum atomic E-state index is -0.399. The Labute approximate surface area is 182 Å². The second kappa shape index (κ2) is 7.84. The third-order valence-electron chi connectivity index (χ3n) is 4.87. The van der Waals surface area contributed by atoms with Crippen molar-refractivity contribution in [3.05, 3.63) is 46.0 Å². The van der Waals surface area contributed by atoms with Gasteiger partial charge in [-0.2, -0.15) is 9.61 Å². The fraction of sp³-hybridized carbons (Fsp3) is 0.350. The molecule has 0 aliphatic carbocycles. The maximum Gasteiger partial charge on any atom is 0.410 e. The molecule has 0 bridgehead atoms. The molecule has 29 heavy (non-hydrogen) atoms. The van der Waals surface area contributed by atoms with E-state index in [1.165, 1.54) is 0 Å². The lowest BCUT2D eigenvalue weighted by molar-refractivity contribution is -0.0244. The molecule has 0 saturated carbocycles. The molecule has 0 radical (unpaired) electrons. The zero-order chi connectivity index (χ0) is 20.6. The van der Waals surface area contributed by atoms with E-state index in [4.69, 9.17) is 21.3 Å². The number of amides is 1. The maximum atomic E-state index is 12.2. The second-order valence-electron chi connectivity index (χ2n) is 7.53. The van der Waals surface area contributed by atoms with E-state index in [0.29, 0.717) is 30.3 Å². The second-order valence-corrected chi connectivity index (χ2v) is 8.79. The zero-order valence-electron chi connectivity index (χ0n) is 16.2. The smallest absolute Gasteiger partial charge is 0.410 e. The summed E-state index contributed by atoms with van der Waals surface area (Å²) in [6.07, 6.45) is 2.23. The fourth-order valence-electron chi connectivity index (χ4n) is 3.24. The number of anilines is 1. The molecule has 1 aliphatic rings. The quantitative estimate of drug-likeness (QED) is 0.568. The molecule has 0 unspecified atom stereocenters. The number of benzene rings is 1. The van der Waals surface area contributed by atoms with E-state index in [1.54, 1.807) is 15.6 Å². The number of nitrogens with zero attached hydrogens (tertiary/aromatic N) is 4. The predicted octanol–water partition coefficient (Wildman–Crippen LogP) is 4.85. The molecule has 4 rings (SSSR count). The third-order valence-corrected chi connectivity index (χ3v) is 5.76. The number of halogens is 2. The van der Waals surface area contributed by atoms with Gasteiger partial charge in [0.2, 0.25) is 0 Å². The lowest BCUT2D eigenvalue weighted by Gasteiger charge is -2.36. The van der Waals surface area contributed by atoms with Crippen LogP contribution in [-0.4, -0.2) is 50.8 Å². The zero-order valence-corrected chi connectivity index (χ0v) is 18.5.